The van der Waals surface area contributed by atoms with Crippen LogP contribution in [0.5, 0.6) is 17.2 Å². The molecule has 10 heteroatoms. The second kappa shape index (κ2) is 9.77. The summed E-state index contributed by atoms with van der Waals surface area (Å²) >= 11 is 0. The van der Waals surface area contributed by atoms with Gasteiger partial charge in [0.25, 0.3) is 0 Å². The van der Waals surface area contributed by atoms with Crippen molar-refractivity contribution < 1.29 is 36.6 Å². The number of nitrogens with one attached hydrogen (secondary N) is 1. The van der Waals surface area contributed by atoms with E-state index >= 15 is 0 Å². The largest absolute Gasteiger partial charge is 0.496 e. The molecule has 3 rings (SSSR count). The van der Waals surface area contributed by atoms with Crippen molar-refractivity contribution in [2.45, 2.75) is 24.3 Å². The van der Waals surface area contributed by atoms with E-state index in [-0.39, 0.29) is 30.9 Å². The van der Waals surface area contributed by atoms with Crippen molar-refractivity contribution in [3.63, 3.8) is 0 Å². The van der Waals surface area contributed by atoms with Crippen molar-refractivity contribution in [1.29, 1.82) is 0 Å². The average Bonchev–Trinajstić information content (AvgIpc) is 2.75. The van der Waals surface area contributed by atoms with Crippen LogP contribution in [0.15, 0.2) is 41.3 Å². The van der Waals surface area contributed by atoms with Crippen LogP contribution in [0.1, 0.15) is 18.4 Å². The Balaban J connectivity index is 1.45. The molecule has 1 heterocycles. The monoisotopic (exact) mass is 439 g/mol. The number of hydrogen-bond acceptors (Lipinski definition) is 7. The van der Waals surface area contributed by atoms with Gasteiger partial charge in [0.2, 0.25) is 10.0 Å². The van der Waals surface area contributed by atoms with Gasteiger partial charge < -0.3 is 18.9 Å². The number of esters is 1. The van der Waals surface area contributed by atoms with E-state index in [1.165, 1.54) is 37.4 Å². The van der Waals surface area contributed by atoms with Gasteiger partial charge >= 0.3 is 5.97 Å². The van der Waals surface area contributed by atoms with Crippen LogP contribution < -0.4 is 18.9 Å². The van der Waals surface area contributed by atoms with Gasteiger partial charge in [-0.3, -0.25) is 4.79 Å². The van der Waals surface area contributed by atoms with Gasteiger partial charge in [-0.25, -0.2) is 17.5 Å². The van der Waals surface area contributed by atoms with Crippen LogP contribution in [0.4, 0.5) is 4.39 Å². The predicted octanol–water partition coefficient (Wildman–Crippen LogP) is 2.41. The van der Waals surface area contributed by atoms with Crippen molar-refractivity contribution in [2.75, 3.05) is 26.9 Å². The number of rotatable bonds is 9. The lowest BCUT2D eigenvalue weighted by Gasteiger charge is -2.18. The molecule has 30 heavy (non-hydrogen) atoms. The van der Waals surface area contributed by atoms with Crippen LogP contribution in [0.3, 0.4) is 0 Å². The van der Waals surface area contributed by atoms with Crippen LogP contribution in [0, 0.1) is 5.82 Å². The van der Waals surface area contributed by atoms with Gasteiger partial charge in [0.05, 0.1) is 12.0 Å². The second-order valence-electron chi connectivity index (χ2n) is 6.42. The van der Waals surface area contributed by atoms with Crippen LogP contribution in [-0.2, 0) is 26.2 Å². The third-order valence-electron chi connectivity index (χ3n) is 4.30. The first-order valence-electron chi connectivity index (χ1n) is 9.26. The Morgan fingerprint density at radius 1 is 1.13 bits per heavy atom. The third-order valence-corrected chi connectivity index (χ3v) is 5.76. The van der Waals surface area contributed by atoms with Gasteiger partial charge in [0, 0.05) is 24.6 Å². The van der Waals surface area contributed by atoms with E-state index in [4.69, 9.17) is 18.9 Å². The fourth-order valence-electron chi connectivity index (χ4n) is 2.80. The summed E-state index contributed by atoms with van der Waals surface area (Å²) in [5.41, 5.74) is 0.408. The molecule has 0 unspecified atom stereocenters. The highest BCUT2D eigenvalue weighted by Gasteiger charge is 2.19. The predicted molar refractivity (Wildman–Crippen MR) is 105 cm³/mol. The van der Waals surface area contributed by atoms with Gasteiger partial charge in [-0.15, -0.1) is 0 Å². The Kier molecular flexibility index (Phi) is 7.11. The molecule has 0 saturated heterocycles. The van der Waals surface area contributed by atoms with Gasteiger partial charge in [0.1, 0.15) is 31.4 Å². The van der Waals surface area contributed by atoms with Crippen molar-refractivity contribution in [3.05, 3.63) is 47.8 Å². The normalized spacial score (nSPS) is 13.0. The Labute approximate surface area is 173 Å². The lowest BCUT2D eigenvalue weighted by molar-refractivity contribution is -0.145. The van der Waals surface area contributed by atoms with Crippen molar-refractivity contribution in [2.24, 2.45) is 0 Å². The highest BCUT2D eigenvalue weighted by atomic mass is 32.2. The maximum absolute atomic E-state index is 13.3. The smallest absolute Gasteiger partial charge is 0.306 e. The number of benzene rings is 2. The van der Waals surface area contributed by atoms with Crippen LogP contribution in [-0.4, -0.2) is 41.3 Å². The lowest BCUT2D eigenvalue weighted by atomic mass is 10.2. The zero-order chi connectivity index (χ0) is 21.6. The molecule has 2 aromatic carbocycles. The number of methoxy groups -OCH3 is 1. The first-order chi connectivity index (χ1) is 14.4. The maximum Gasteiger partial charge on any atom is 0.306 e. The zero-order valence-electron chi connectivity index (χ0n) is 16.4. The van der Waals surface area contributed by atoms with Crippen LogP contribution in [0.2, 0.25) is 0 Å². The minimum Gasteiger partial charge on any atom is -0.496 e. The summed E-state index contributed by atoms with van der Waals surface area (Å²) < 4.78 is 61.5. The lowest BCUT2D eigenvalue weighted by Crippen LogP contribution is -2.25. The van der Waals surface area contributed by atoms with E-state index < -0.39 is 21.8 Å². The molecule has 0 saturated carbocycles. The van der Waals surface area contributed by atoms with Crippen LogP contribution >= 0.6 is 0 Å². The van der Waals surface area contributed by atoms with E-state index in [1.54, 1.807) is 6.07 Å². The topological polar surface area (TPSA) is 100 Å². The molecule has 0 bridgehead atoms. The summed E-state index contributed by atoms with van der Waals surface area (Å²) in [6, 6.07) is 8.30. The summed E-state index contributed by atoms with van der Waals surface area (Å²) in [5.74, 6) is 0.296. The van der Waals surface area contributed by atoms with Gasteiger partial charge in [-0.05, 0) is 36.8 Å². The molecule has 0 aromatic heterocycles. The Hall–Kier alpha value is -2.85. The Morgan fingerprint density at radius 2 is 1.90 bits per heavy atom. The number of halogens is 1. The molecule has 0 spiro atoms. The second-order valence-corrected chi connectivity index (χ2v) is 8.19. The molecule has 1 N–H and O–H groups in total. The van der Waals surface area contributed by atoms with Crippen molar-refractivity contribution in [3.8, 4) is 17.2 Å². The summed E-state index contributed by atoms with van der Waals surface area (Å²) in [6.07, 6.45) is 0.240. The third kappa shape index (κ3) is 5.61. The van der Waals surface area contributed by atoms with Crippen LogP contribution in [0.25, 0.3) is 0 Å². The van der Waals surface area contributed by atoms with E-state index in [0.717, 1.165) is 0 Å². The summed E-state index contributed by atoms with van der Waals surface area (Å²) in [4.78, 5) is 11.9. The maximum atomic E-state index is 13.3. The molecule has 0 fully saturated rings. The molecule has 1 aliphatic rings. The fraction of sp³-hybridized carbons (Fsp3) is 0.350. The van der Waals surface area contributed by atoms with E-state index in [0.29, 0.717) is 36.0 Å². The van der Waals surface area contributed by atoms with E-state index in [2.05, 4.69) is 4.72 Å². The minimum absolute atomic E-state index is 0.00128. The quantitative estimate of drug-likeness (QED) is 0.473. The number of ether oxygens (including phenoxy) is 4. The van der Waals surface area contributed by atoms with E-state index in [1.807, 2.05) is 0 Å². The highest BCUT2D eigenvalue weighted by molar-refractivity contribution is 7.89. The Morgan fingerprint density at radius 3 is 2.67 bits per heavy atom. The average molecular weight is 439 g/mol. The molecular weight excluding hydrogens is 417 g/mol. The van der Waals surface area contributed by atoms with E-state index in [9.17, 15) is 17.6 Å². The van der Waals surface area contributed by atoms with Crippen molar-refractivity contribution >= 4 is 16.0 Å². The summed E-state index contributed by atoms with van der Waals surface area (Å²) in [6.45, 7) is 0.685. The molecule has 0 aliphatic carbocycles. The minimum atomic E-state index is -3.76. The number of carbonyl (C=O) groups is 1. The Bertz CT molecular complexity index is 1010. The van der Waals surface area contributed by atoms with Gasteiger partial charge in [0.15, 0.2) is 11.5 Å². The molecule has 0 atom stereocenters. The molecule has 0 amide bonds. The standard InChI is InChI=1S/C20H22FNO7S/c1-26-17-6-4-15(21)11-14(17)13-29-20(23)3-2-8-22-30(24,25)16-5-7-18-19(12-16)28-10-9-27-18/h4-7,11-12,22H,2-3,8-10,13H2,1H3. The molecule has 0 radical (unpaired) electrons. The highest BCUT2D eigenvalue weighted by Crippen LogP contribution is 2.32. The molecule has 162 valence electrons. The summed E-state index contributed by atoms with van der Waals surface area (Å²) in [7, 11) is -2.32. The number of sulfonamides is 1. The summed E-state index contributed by atoms with van der Waals surface area (Å²) in [5, 5.41) is 0. The molecule has 2 aromatic rings. The van der Waals surface area contributed by atoms with Crippen molar-refractivity contribution in [1.82, 2.24) is 4.72 Å². The SMILES string of the molecule is COc1ccc(F)cc1COC(=O)CCCNS(=O)(=O)c1ccc2c(c1)OCCO2. The molecule has 1 aliphatic heterocycles. The van der Waals surface area contributed by atoms with Gasteiger partial charge in [-0.1, -0.05) is 0 Å². The first-order valence-corrected chi connectivity index (χ1v) is 10.7. The van der Waals surface area contributed by atoms with Gasteiger partial charge in [-0.2, -0.15) is 0 Å². The number of hydrogen-bond donors (Lipinski definition) is 1. The molecular formula is C20H22FNO7S. The zero-order valence-corrected chi connectivity index (χ0v) is 17.2. The fourth-order valence-corrected chi connectivity index (χ4v) is 3.89. The first kappa shape index (κ1) is 21.8. The molecule has 8 nitrogen and oxygen atoms in total. The number of fused-ring (bicyclic) bond motifs is 1. The number of carbonyl (C=O) groups excluding carboxylic acids is 1.